The maximum absolute atomic E-state index is 11.7. The number of amides is 2. The van der Waals surface area contributed by atoms with Crippen molar-refractivity contribution in [1.82, 2.24) is 4.90 Å². The van der Waals surface area contributed by atoms with Gasteiger partial charge in [0.15, 0.2) is 0 Å². The summed E-state index contributed by atoms with van der Waals surface area (Å²) in [5.74, 6) is -0.748. The van der Waals surface area contributed by atoms with Crippen LogP contribution in [-0.2, 0) is 16.1 Å². The van der Waals surface area contributed by atoms with E-state index in [2.05, 4.69) is 15.9 Å². The summed E-state index contributed by atoms with van der Waals surface area (Å²) in [5, 5.41) is 0. The number of hydrogen-bond acceptors (Lipinski definition) is 2. The molecular weight excluding hydrogens is 284 g/mol. The summed E-state index contributed by atoms with van der Waals surface area (Å²) in [6.45, 7) is 0.944. The van der Waals surface area contributed by atoms with Crippen molar-refractivity contribution >= 4 is 27.7 Å². The van der Waals surface area contributed by atoms with E-state index in [4.69, 9.17) is 5.73 Å². The zero-order valence-electron chi connectivity index (χ0n) is 9.23. The fourth-order valence-corrected chi connectivity index (χ4v) is 2.36. The number of rotatable bonds is 3. The van der Waals surface area contributed by atoms with Crippen molar-refractivity contribution < 1.29 is 9.59 Å². The fraction of sp³-hybridized carbons (Fsp3) is 0.333. The highest BCUT2D eigenvalue weighted by atomic mass is 79.9. The first-order chi connectivity index (χ1) is 8.08. The lowest BCUT2D eigenvalue weighted by Gasteiger charge is -2.17. The summed E-state index contributed by atoms with van der Waals surface area (Å²) in [4.78, 5) is 24.4. The van der Waals surface area contributed by atoms with Gasteiger partial charge < -0.3 is 10.6 Å². The van der Waals surface area contributed by atoms with Crippen LogP contribution in [-0.4, -0.2) is 23.3 Å². The van der Waals surface area contributed by atoms with Gasteiger partial charge in [0.1, 0.15) is 0 Å². The van der Waals surface area contributed by atoms with Crippen molar-refractivity contribution in [3.05, 3.63) is 34.3 Å². The summed E-state index contributed by atoms with van der Waals surface area (Å²) in [6, 6.07) is 7.73. The van der Waals surface area contributed by atoms with E-state index in [0.717, 1.165) is 10.0 Å². The molecule has 0 radical (unpaired) electrons. The Morgan fingerprint density at radius 3 is 2.76 bits per heavy atom. The summed E-state index contributed by atoms with van der Waals surface area (Å²) < 4.78 is 0.968. The number of halogens is 1. The third-order valence-electron chi connectivity index (χ3n) is 2.94. The predicted octanol–water partition coefficient (Wildman–Crippen LogP) is 1.28. The number of nitrogens with two attached hydrogens (primary N) is 1. The van der Waals surface area contributed by atoms with Crippen LogP contribution in [0.5, 0.6) is 0 Å². The number of hydrogen-bond donors (Lipinski definition) is 1. The molecule has 1 aliphatic rings. The van der Waals surface area contributed by atoms with Gasteiger partial charge in [-0.25, -0.2) is 0 Å². The molecule has 1 unspecified atom stereocenters. The predicted molar refractivity (Wildman–Crippen MR) is 66.9 cm³/mol. The minimum Gasteiger partial charge on any atom is -0.369 e. The molecule has 4 nitrogen and oxygen atoms in total. The Kier molecular flexibility index (Phi) is 3.47. The van der Waals surface area contributed by atoms with Crippen molar-refractivity contribution in [1.29, 1.82) is 0 Å². The molecule has 1 aliphatic heterocycles. The SMILES string of the molecule is NC(=O)C1CC(=O)N(Cc2ccccc2Br)C1. The van der Waals surface area contributed by atoms with E-state index in [9.17, 15) is 9.59 Å². The molecule has 1 heterocycles. The number of benzene rings is 1. The van der Waals surface area contributed by atoms with Gasteiger partial charge in [0, 0.05) is 24.0 Å². The van der Waals surface area contributed by atoms with E-state index in [-0.39, 0.29) is 18.2 Å². The molecule has 2 amide bonds. The first kappa shape index (κ1) is 12.1. The van der Waals surface area contributed by atoms with Crippen molar-refractivity contribution in [2.45, 2.75) is 13.0 Å². The summed E-state index contributed by atoms with van der Waals surface area (Å²) >= 11 is 3.44. The maximum Gasteiger partial charge on any atom is 0.223 e. The lowest BCUT2D eigenvalue weighted by atomic mass is 10.1. The fourth-order valence-electron chi connectivity index (χ4n) is 1.95. The molecule has 5 heteroatoms. The van der Waals surface area contributed by atoms with Crippen molar-refractivity contribution in [2.75, 3.05) is 6.54 Å². The van der Waals surface area contributed by atoms with E-state index in [1.165, 1.54) is 0 Å². The molecule has 2 rings (SSSR count). The van der Waals surface area contributed by atoms with Crippen LogP contribution < -0.4 is 5.73 Å². The lowest BCUT2D eigenvalue weighted by Crippen LogP contribution is -2.28. The van der Waals surface area contributed by atoms with Gasteiger partial charge in [-0.05, 0) is 11.6 Å². The number of likely N-dealkylation sites (tertiary alicyclic amines) is 1. The van der Waals surface area contributed by atoms with Crippen LogP contribution in [0.4, 0.5) is 0 Å². The molecule has 0 saturated carbocycles. The van der Waals surface area contributed by atoms with E-state index < -0.39 is 5.91 Å². The zero-order valence-corrected chi connectivity index (χ0v) is 10.8. The minimum absolute atomic E-state index is 0.00967. The number of carbonyl (C=O) groups excluding carboxylic acids is 2. The second-order valence-corrected chi connectivity index (χ2v) is 5.02. The molecule has 0 aromatic heterocycles. The largest absolute Gasteiger partial charge is 0.369 e. The van der Waals surface area contributed by atoms with Gasteiger partial charge in [0.2, 0.25) is 11.8 Å². The Hall–Kier alpha value is -1.36. The van der Waals surface area contributed by atoms with Crippen LogP contribution >= 0.6 is 15.9 Å². The third kappa shape index (κ3) is 2.66. The highest BCUT2D eigenvalue weighted by Gasteiger charge is 2.32. The van der Waals surface area contributed by atoms with Crippen LogP contribution in [0.1, 0.15) is 12.0 Å². The van der Waals surface area contributed by atoms with Gasteiger partial charge in [-0.15, -0.1) is 0 Å². The Bertz CT molecular complexity index is 462. The molecular formula is C12H13BrN2O2. The van der Waals surface area contributed by atoms with Crippen molar-refractivity contribution in [3.8, 4) is 0 Å². The van der Waals surface area contributed by atoms with Crippen LogP contribution in [0.2, 0.25) is 0 Å². The molecule has 1 aromatic carbocycles. The van der Waals surface area contributed by atoms with Gasteiger partial charge in [0.05, 0.1) is 5.92 Å². The molecule has 2 N–H and O–H groups in total. The normalized spacial score (nSPS) is 19.7. The van der Waals surface area contributed by atoms with Crippen LogP contribution in [0.3, 0.4) is 0 Å². The number of carbonyl (C=O) groups is 2. The van der Waals surface area contributed by atoms with E-state index in [1.807, 2.05) is 24.3 Å². The zero-order chi connectivity index (χ0) is 12.4. The molecule has 0 spiro atoms. The van der Waals surface area contributed by atoms with Gasteiger partial charge in [-0.3, -0.25) is 9.59 Å². The van der Waals surface area contributed by atoms with Crippen molar-refractivity contribution in [2.24, 2.45) is 11.7 Å². The molecule has 1 atom stereocenters. The Morgan fingerprint density at radius 2 is 2.18 bits per heavy atom. The first-order valence-corrected chi connectivity index (χ1v) is 6.17. The van der Waals surface area contributed by atoms with Crippen LogP contribution in [0.15, 0.2) is 28.7 Å². The molecule has 0 aliphatic carbocycles. The van der Waals surface area contributed by atoms with Crippen LogP contribution in [0.25, 0.3) is 0 Å². The van der Waals surface area contributed by atoms with E-state index in [0.29, 0.717) is 13.1 Å². The molecule has 1 saturated heterocycles. The average Bonchev–Trinajstić information content (AvgIpc) is 2.64. The topological polar surface area (TPSA) is 63.4 Å². The summed E-state index contributed by atoms with van der Waals surface area (Å²) in [7, 11) is 0. The lowest BCUT2D eigenvalue weighted by molar-refractivity contribution is -0.128. The Balaban J connectivity index is 2.08. The molecule has 90 valence electrons. The van der Waals surface area contributed by atoms with E-state index >= 15 is 0 Å². The first-order valence-electron chi connectivity index (χ1n) is 5.38. The summed E-state index contributed by atoms with van der Waals surface area (Å²) in [5.41, 5.74) is 6.25. The minimum atomic E-state index is -0.395. The van der Waals surface area contributed by atoms with E-state index in [1.54, 1.807) is 4.90 Å². The van der Waals surface area contributed by atoms with Gasteiger partial charge in [-0.2, -0.15) is 0 Å². The summed E-state index contributed by atoms with van der Waals surface area (Å²) in [6.07, 6.45) is 0.236. The standard InChI is InChI=1S/C12H13BrN2O2/c13-10-4-2-1-3-8(10)6-15-7-9(12(14)17)5-11(15)16/h1-4,9H,5-7H2,(H2,14,17). The van der Waals surface area contributed by atoms with Crippen molar-refractivity contribution in [3.63, 3.8) is 0 Å². The molecule has 0 bridgehead atoms. The number of primary amides is 1. The molecule has 17 heavy (non-hydrogen) atoms. The Labute approximate surface area is 108 Å². The van der Waals surface area contributed by atoms with Gasteiger partial charge >= 0.3 is 0 Å². The van der Waals surface area contributed by atoms with Crippen LogP contribution in [0, 0.1) is 5.92 Å². The monoisotopic (exact) mass is 296 g/mol. The number of nitrogens with zero attached hydrogens (tertiary/aromatic N) is 1. The second kappa shape index (κ2) is 4.87. The molecule has 1 fully saturated rings. The maximum atomic E-state index is 11.7. The average molecular weight is 297 g/mol. The highest BCUT2D eigenvalue weighted by Crippen LogP contribution is 2.23. The van der Waals surface area contributed by atoms with Gasteiger partial charge in [-0.1, -0.05) is 34.1 Å². The van der Waals surface area contributed by atoms with Gasteiger partial charge in [0.25, 0.3) is 0 Å². The third-order valence-corrected chi connectivity index (χ3v) is 3.71. The quantitative estimate of drug-likeness (QED) is 0.913. The Morgan fingerprint density at radius 1 is 1.47 bits per heavy atom. The smallest absolute Gasteiger partial charge is 0.223 e. The second-order valence-electron chi connectivity index (χ2n) is 4.17. The molecule has 1 aromatic rings. The highest BCUT2D eigenvalue weighted by molar-refractivity contribution is 9.10.